The summed E-state index contributed by atoms with van der Waals surface area (Å²) in [7, 11) is 1.66. The van der Waals surface area contributed by atoms with E-state index in [4.69, 9.17) is 9.26 Å². The van der Waals surface area contributed by atoms with Gasteiger partial charge in [0.05, 0.1) is 18.4 Å². The molecule has 0 aliphatic carbocycles. The molecule has 0 amide bonds. The second-order valence-electron chi connectivity index (χ2n) is 6.23. The molecule has 0 bridgehead atoms. The fraction of sp³-hybridized carbons (Fsp3) is 0.263. The van der Waals surface area contributed by atoms with Gasteiger partial charge in [0, 0.05) is 6.54 Å². The van der Waals surface area contributed by atoms with Gasteiger partial charge in [-0.2, -0.15) is 0 Å². The van der Waals surface area contributed by atoms with Gasteiger partial charge in [0.2, 0.25) is 0 Å². The van der Waals surface area contributed by atoms with E-state index in [0.717, 1.165) is 41.3 Å². The average Bonchev–Trinajstić information content (AvgIpc) is 3.25. The van der Waals surface area contributed by atoms with Crippen LogP contribution in [-0.2, 0) is 6.42 Å². The molecule has 0 saturated heterocycles. The number of methoxy groups -OCH3 is 1. The van der Waals surface area contributed by atoms with Crippen LogP contribution >= 0.6 is 0 Å². The third-order valence-corrected chi connectivity index (χ3v) is 4.42. The van der Waals surface area contributed by atoms with Gasteiger partial charge in [0.1, 0.15) is 29.2 Å². The standard InChI is InChI=1S/C19H20N6O2/c1-11-15(12(2)27-25-11)17-23-16-18(21-10-22-19(16)24-17)20-9-8-13-4-6-14(26-3)7-5-13/h4-7,10H,8-9H2,1-3H3,(H2,20,21,22,23,24). The number of ether oxygens (including phenoxy) is 1. The van der Waals surface area contributed by atoms with Crippen LogP contribution < -0.4 is 10.1 Å². The molecule has 138 valence electrons. The Kier molecular flexibility index (Phi) is 4.45. The number of hydrogen-bond acceptors (Lipinski definition) is 7. The number of hydrogen-bond donors (Lipinski definition) is 2. The summed E-state index contributed by atoms with van der Waals surface area (Å²) in [4.78, 5) is 16.5. The maximum Gasteiger partial charge on any atom is 0.183 e. The van der Waals surface area contributed by atoms with Gasteiger partial charge in [-0.25, -0.2) is 15.0 Å². The van der Waals surface area contributed by atoms with Gasteiger partial charge in [-0.15, -0.1) is 0 Å². The molecule has 2 N–H and O–H groups in total. The van der Waals surface area contributed by atoms with Gasteiger partial charge >= 0.3 is 0 Å². The number of imidazole rings is 1. The monoisotopic (exact) mass is 364 g/mol. The fourth-order valence-corrected chi connectivity index (χ4v) is 3.02. The van der Waals surface area contributed by atoms with Gasteiger partial charge in [0.15, 0.2) is 11.5 Å². The normalized spacial score (nSPS) is 11.1. The largest absolute Gasteiger partial charge is 0.497 e. The van der Waals surface area contributed by atoms with E-state index in [1.54, 1.807) is 7.11 Å². The van der Waals surface area contributed by atoms with Gasteiger partial charge in [-0.05, 0) is 38.0 Å². The van der Waals surface area contributed by atoms with Gasteiger partial charge in [0.25, 0.3) is 0 Å². The summed E-state index contributed by atoms with van der Waals surface area (Å²) in [5.74, 6) is 2.97. The first kappa shape index (κ1) is 17.0. The number of anilines is 1. The van der Waals surface area contributed by atoms with Crippen LogP contribution in [0.3, 0.4) is 0 Å². The van der Waals surface area contributed by atoms with Crippen molar-refractivity contribution in [1.29, 1.82) is 0 Å². The maximum absolute atomic E-state index is 5.24. The Morgan fingerprint density at radius 2 is 1.96 bits per heavy atom. The minimum atomic E-state index is 0.604. The fourth-order valence-electron chi connectivity index (χ4n) is 3.02. The van der Waals surface area contributed by atoms with Crippen molar-refractivity contribution in [2.24, 2.45) is 0 Å². The predicted octanol–water partition coefficient (Wildman–Crippen LogP) is 3.29. The van der Waals surface area contributed by atoms with E-state index in [-0.39, 0.29) is 0 Å². The molecule has 0 fully saturated rings. The summed E-state index contributed by atoms with van der Waals surface area (Å²) >= 11 is 0. The van der Waals surface area contributed by atoms with Crippen molar-refractivity contribution in [3.05, 3.63) is 47.6 Å². The lowest BCUT2D eigenvalue weighted by Gasteiger charge is -2.06. The number of H-pyrrole nitrogens is 1. The van der Waals surface area contributed by atoms with Crippen LogP contribution in [0.1, 0.15) is 17.0 Å². The number of nitrogens with zero attached hydrogens (tertiary/aromatic N) is 4. The lowest BCUT2D eigenvalue weighted by atomic mass is 10.1. The molecule has 4 aromatic rings. The molecule has 8 nitrogen and oxygen atoms in total. The first-order valence-corrected chi connectivity index (χ1v) is 8.66. The summed E-state index contributed by atoms with van der Waals surface area (Å²) in [6, 6.07) is 8.04. The number of aryl methyl sites for hydroxylation is 2. The summed E-state index contributed by atoms with van der Waals surface area (Å²) in [5, 5.41) is 7.34. The van der Waals surface area contributed by atoms with E-state index in [1.807, 2.05) is 26.0 Å². The molecule has 0 atom stereocenters. The highest BCUT2D eigenvalue weighted by molar-refractivity contribution is 5.85. The first-order chi connectivity index (χ1) is 13.2. The number of aromatic nitrogens is 5. The highest BCUT2D eigenvalue weighted by Gasteiger charge is 2.17. The quantitative estimate of drug-likeness (QED) is 0.541. The lowest BCUT2D eigenvalue weighted by molar-refractivity contribution is 0.393. The Bertz CT molecular complexity index is 1050. The zero-order valence-corrected chi connectivity index (χ0v) is 15.4. The number of rotatable bonds is 6. The van der Waals surface area contributed by atoms with Crippen molar-refractivity contribution in [2.75, 3.05) is 19.0 Å². The van der Waals surface area contributed by atoms with Gasteiger partial charge in [-0.3, -0.25) is 0 Å². The Morgan fingerprint density at radius 3 is 2.67 bits per heavy atom. The summed E-state index contributed by atoms with van der Waals surface area (Å²) in [5.41, 5.74) is 4.23. The third-order valence-electron chi connectivity index (χ3n) is 4.42. The second kappa shape index (κ2) is 7.06. The van der Waals surface area contributed by atoms with E-state index in [9.17, 15) is 0 Å². The zero-order valence-electron chi connectivity index (χ0n) is 15.4. The van der Waals surface area contributed by atoms with E-state index < -0.39 is 0 Å². The van der Waals surface area contributed by atoms with Crippen molar-refractivity contribution in [1.82, 2.24) is 25.1 Å². The molecule has 3 heterocycles. The van der Waals surface area contributed by atoms with Crippen LogP contribution in [0.5, 0.6) is 5.75 Å². The minimum absolute atomic E-state index is 0.604. The van der Waals surface area contributed by atoms with E-state index in [2.05, 4.69) is 42.5 Å². The smallest absolute Gasteiger partial charge is 0.183 e. The molecule has 0 radical (unpaired) electrons. The maximum atomic E-state index is 5.24. The molecule has 4 rings (SSSR count). The van der Waals surface area contributed by atoms with Crippen molar-refractivity contribution < 1.29 is 9.26 Å². The van der Waals surface area contributed by atoms with Crippen molar-refractivity contribution in [2.45, 2.75) is 20.3 Å². The Balaban J connectivity index is 1.53. The zero-order chi connectivity index (χ0) is 18.8. The van der Waals surface area contributed by atoms with E-state index >= 15 is 0 Å². The number of nitrogens with one attached hydrogen (secondary N) is 2. The van der Waals surface area contributed by atoms with Crippen LogP contribution in [0, 0.1) is 13.8 Å². The van der Waals surface area contributed by atoms with E-state index in [0.29, 0.717) is 17.2 Å². The molecule has 8 heteroatoms. The summed E-state index contributed by atoms with van der Waals surface area (Å²) in [6.45, 7) is 4.49. The Hall–Kier alpha value is -3.42. The van der Waals surface area contributed by atoms with Gasteiger partial charge < -0.3 is 19.6 Å². The molecule has 0 unspecified atom stereocenters. The van der Waals surface area contributed by atoms with Crippen LogP contribution in [0.4, 0.5) is 5.82 Å². The number of benzene rings is 1. The molecule has 0 aliphatic heterocycles. The molecule has 0 aliphatic rings. The molecule has 3 aromatic heterocycles. The van der Waals surface area contributed by atoms with E-state index in [1.165, 1.54) is 11.9 Å². The van der Waals surface area contributed by atoms with Gasteiger partial charge in [-0.1, -0.05) is 17.3 Å². The van der Waals surface area contributed by atoms with Crippen molar-refractivity contribution in [3.63, 3.8) is 0 Å². The van der Waals surface area contributed by atoms with Crippen molar-refractivity contribution in [3.8, 4) is 17.1 Å². The van der Waals surface area contributed by atoms with Crippen LogP contribution in [0.25, 0.3) is 22.6 Å². The Morgan fingerprint density at radius 1 is 1.15 bits per heavy atom. The third kappa shape index (κ3) is 3.33. The van der Waals surface area contributed by atoms with Crippen LogP contribution in [0.15, 0.2) is 35.1 Å². The van der Waals surface area contributed by atoms with Crippen LogP contribution in [-0.4, -0.2) is 38.7 Å². The second-order valence-corrected chi connectivity index (χ2v) is 6.23. The molecular weight excluding hydrogens is 344 g/mol. The molecule has 0 spiro atoms. The summed E-state index contributed by atoms with van der Waals surface area (Å²) in [6.07, 6.45) is 2.37. The minimum Gasteiger partial charge on any atom is -0.497 e. The Labute approximate surface area is 156 Å². The highest BCUT2D eigenvalue weighted by atomic mass is 16.5. The highest BCUT2D eigenvalue weighted by Crippen LogP contribution is 2.27. The first-order valence-electron chi connectivity index (χ1n) is 8.66. The van der Waals surface area contributed by atoms with Crippen LogP contribution in [0.2, 0.25) is 0 Å². The number of aromatic amines is 1. The molecule has 0 saturated carbocycles. The lowest BCUT2D eigenvalue weighted by Crippen LogP contribution is -2.07. The average molecular weight is 364 g/mol. The molecular formula is C19H20N6O2. The molecule has 27 heavy (non-hydrogen) atoms. The topological polar surface area (TPSA) is 102 Å². The van der Waals surface area contributed by atoms with Crippen molar-refractivity contribution >= 4 is 17.0 Å². The SMILES string of the molecule is COc1ccc(CCNc2ncnc3nc(-c4c(C)noc4C)[nH]c23)cc1. The molecule has 1 aromatic carbocycles. The number of fused-ring (bicyclic) bond motifs is 1. The predicted molar refractivity (Wildman–Crippen MR) is 102 cm³/mol. The summed E-state index contributed by atoms with van der Waals surface area (Å²) < 4.78 is 10.4.